The van der Waals surface area contributed by atoms with Crippen LogP contribution in [-0.4, -0.2) is 35.6 Å². The summed E-state index contributed by atoms with van der Waals surface area (Å²) < 4.78 is 12.7. The highest BCUT2D eigenvalue weighted by molar-refractivity contribution is 6.32. The molecule has 1 aromatic carbocycles. The number of carbonyl (C=O) groups is 1. The molecule has 0 saturated carbocycles. The van der Waals surface area contributed by atoms with Gasteiger partial charge in [0.05, 0.1) is 22.6 Å². The van der Waals surface area contributed by atoms with Gasteiger partial charge >= 0.3 is 0 Å². The van der Waals surface area contributed by atoms with E-state index in [0.29, 0.717) is 12.2 Å². The molecule has 0 fully saturated rings. The van der Waals surface area contributed by atoms with Crippen LogP contribution in [0.5, 0.6) is 5.75 Å². The Morgan fingerprint density at radius 1 is 1.35 bits per heavy atom. The van der Waals surface area contributed by atoms with Crippen molar-refractivity contribution in [2.45, 2.75) is 26.8 Å². The number of nitrogens with zero attached hydrogens (tertiary/aromatic N) is 2. The van der Waals surface area contributed by atoms with Crippen LogP contribution in [0.1, 0.15) is 34.7 Å². The van der Waals surface area contributed by atoms with E-state index in [1.165, 1.54) is 18.2 Å². The lowest BCUT2D eigenvalue weighted by Gasteiger charge is -2.17. The number of ketones is 1. The maximum Gasteiger partial charge on any atom is 0.271 e. The normalized spacial score (nSPS) is 12.0. The van der Waals surface area contributed by atoms with E-state index in [2.05, 4.69) is 4.57 Å². The average molecular weight is 381 g/mol. The van der Waals surface area contributed by atoms with Crippen LogP contribution in [-0.2, 0) is 4.74 Å². The Morgan fingerprint density at radius 2 is 2.04 bits per heavy atom. The summed E-state index contributed by atoms with van der Waals surface area (Å²) in [7, 11) is 1.64. The molecule has 0 aliphatic heterocycles. The SMILES string of the molecule is COC[C@@H](C)n1c(C)cc(C(=O)COc2ccc([N+](=O)[O-])cc2Cl)c1C. The van der Waals surface area contributed by atoms with Crippen molar-refractivity contribution >= 4 is 23.1 Å². The molecule has 0 amide bonds. The Labute approximate surface area is 156 Å². The van der Waals surface area contributed by atoms with Crippen molar-refractivity contribution in [2.75, 3.05) is 20.3 Å². The second-order valence-electron chi connectivity index (χ2n) is 6.04. The summed E-state index contributed by atoms with van der Waals surface area (Å²) in [6.07, 6.45) is 0. The van der Waals surface area contributed by atoms with Crippen molar-refractivity contribution in [1.29, 1.82) is 0 Å². The van der Waals surface area contributed by atoms with Gasteiger partial charge in [0.15, 0.2) is 6.61 Å². The highest BCUT2D eigenvalue weighted by atomic mass is 35.5. The summed E-state index contributed by atoms with van der Waals surface area (Å²) in [5, 5.41) is 10.8. The van der Waals surface area contributed by atoms with Crippen molar-refractivity contribution in [3.63, 3.8) is 0 Å². The van der Waals surface area contributed by atoms with E-state index in [4.69, 9.17) is 21.1 Å². The van der Waals surface area contributed by atoms with Crippen LogP contribution in [0.2, 0.25) is 5.02 Å². The van der Waals surface area contributed by atoms with Gasteiger partial charge in [-0.2, -0.15) is 0 Å². The first-order valence-corrected chi connectivity index (χ1v) is 8.41. The topological polar surface area (TPSA) is 83.6 Å². The Bertz CT molecular complexity index is 831. The number of hydrogen-bond acceptors (Lipinski definition) is 5. The van der Waals surface area contributed by atoms with Crippen molar-refractivity contribution < 1.29 is 19.2 Å². The van der Waals surface area contributed by atoms with Gasteiger partial charge in [0.1, 0.15) is 5.75 Å². The largest absolute Gasteiger partial charge is 0.484 e. The number of nitro groups is 1. The first kappa shape index (κ1) is 19.9. The zero-order valence-electron chi connectivity index (χ0n) is 15.1. The van der Waals surface area contributed by atoms with Gasteiger partial charge in [-0.1, -0.05) is 11.6 Å². The van der Waals surface area contributed by atoms with Gasteiger partial charge < -0.3 is 14.0 Å². The summed E-state index contributed by atoms with van der Waals surface area (Å²) in [4.78, 5) is 22.7. The molecule has 8 heteroatoms. The minimum Gasteiger partial charge on any atom is -0.484 e. The van der Waals surface area contributed by atoms with Crippen LogP contribution in [0.4, 0.5) is 5.69 Å². The van der Waals surface area contributed by atoms with E-state index < -0.39 is 4.92 Å². The molecule has 1 heterocycles. The standard InChI is InChI=1S/C18H21ClN2O5/c1-11-7-15(13(3)20(11)12(2)9-25-4)17(22)10-26-18-6-5-14(21(23)24)8-16(18)19/h5-8,12H,9-10H2,1-4H3/t12-/m1/s1. The number of hydrogen-bond donors (Lipinski definition) is 0. The van der Waals surface area contributed by atoms with E-state index in [0.717, 1.165) is 11.4 Å². The van der Waals surface area contributed by atoms with Crippen LogP contribution < -0.4 is 4.74 Å². The lowest BCUT2D eigenvalue weighted by atomic mass is 10.1. The van der Waals surface area contributed by atoms with Gasteiger partial charge in [0, 0.05) is 36.2 Å². The van der Waals surface area contributed by atoms with Crippen molar-refractivity contribution in [1.82, 2.24) is 4.57 Å². The fraction of sp³-hybridized carbons (Fsp3) is 0.389. The number of nitro benzene ring substituents is 1. The lowest BCUT2D eigenvalue weighted by Crippen LogP contribution is -2.16. The summed E-state index contributed by atoms with van der Waals surface area (Å²) in [5.41, 5.74) is 2.24. The molecule has 0 unspecified atom stereocenters. The third-order valence-corrected chi connectivity index (χ3v) is 4.41. The molecular weight excluding hydrogens is 360 g/mol. The third kappa shape index (κ3) is 4.23. The Kier molecular flexibility index (Phi) is 6.39. The molecule has 2 rings (SSSR count). The summed E-state index contributed by atoms with van der Waals surface area (Å²) in [6.45, 7) is 6.17. The number of aromatic nitrogens is 1. The highest BCUT2D eigenvalue weighted by Crippen LogP contribution is 2.29. The number of benzene rings is 1. The Morgan fingerprint density at radius 3 is 2.62 bits per heavy atom. The molecule has 0 N–H and O–H groups in total. The number of ether oxygens (including phenoxy) is 2. The molecule has 0 aliphatic carbocycles. The van der Waals surface area contributed by atoms with Crippen LogP contribution in [0.15, 0.2) is 24.3 Å². The van der Waals surface area contributed by atoms with Crippen LogP contribution >= 0.6 is 11.6 Å². The first-order chi connectivity index (χ1) is 12.3. The molecule has 7 nitrogen and oxygen atoms in total. The van der Waals surface area contributed by atoms with Crippen LogP contribution in [0.3, 0.4) is 0 Å². The quantitative estimate of drug-likeness (QED) is 0.390. The molecule has 1 aromatic heterocycles. The van der Waals surface area contributed by atoms with E-state index in [9.17, 15) is 14.9 Å². The minimum atomic E-state index is -0.545. The molecule has 140 valence electrons. The smallest absolute Gasteiger partial charge is 0.271 e. The molecule has 0 spiro atoms. The monoisotopic (exact) mass is 380 g/mol. The van der Waals surface area contributed by atoms with Gasteiger partial charge in [-0.3, -0.25) is 14.9 Å². The lowest BCUT2D eigenvalue weighted by molar-refractivity contribution is -0.384. The number of aryl methyl sites for hydroxylation is 1. The van der Waals surface area contributed by atoms with E-state index in [1.807, 2.05) is 26.8 Å². The van der Waals surface area contributed by atoms with Gasteiger partial charge in [-0.05, 0) is 32.9 Å². The highest BCUT2D eigenvalue weighted by Gasteiger charge is 2.20. The number of carbonyl (C=O) groups excluding carboxylic acids is 1. The second-order valence-corrected chi connectivity index (χ2v) is 6.45. The maximum absolute atomic E-state index is 12.6. The zero-order chi connectivity index (χ0) is 19.4. The molecule has 0 saturated heterocycles. The molecule has 0 bridgehead atoms. The Balaban J connectivity index is 2.14. The zero-order valence-corrected chi connectivity index (χ0v) is 15.9. The number of non-ortho nitro benzene ring substituents is 1. The molecule has 0 aliphatic rings. The van der Waals surface area contributed by atoms with Crippen molar-refractivity contribution in [3.8, 4) is 5.75 Å². The fourth-order valence-electron chi connectivity index (χ4n) is 2.99. The maximum atomic E-state index is 12.6. The molecule has 1 atom stereocenters. The van der Waals surface area contributed by atoms with E-state index in [-0.39, 0.29) is 34.9 Å². The van der Waals surface area contributed by atoms with Gasteiger partial charge in [0.25, 0.3) is 5.69 Å². The first-order valence-electron chi connectivity index (χ1n) is 8.03. The summed E-state index contributed by atoms with van der Waals surface area (Å²) in [5.74, 6) is 0.0376. The molecule has 26 heavy (non-hydrogen) atoms. The van der Waals surface area contributed by atoms with Crippen LogP contribution in [0, 0.1) is 24.0 Å². The molecule has 0 radical (unpaired) electrons. The third-order valence-electron chi connectivity index (χ3n) is 4.12. The van der Waals surface area contributed by atoms with Crippen LogP contribution in [0.25, 0.3) is 0 Å². The van der Waals surface area contributed by atoms with Crippen molar-refractivity contribution in [3.05, 3.63) is 56.4 Å². The van der Waals surface area contributed by atoms with E-state index in [1.54, 1.807) is 7.11 Å². The molecule has 2 aromatic rings. The van der Waals surface area contributed by atoms with Crippen molar-refractivity contribution in [2.24, 2.45) is 0 Å². The van der Waals surface area contributed by atoms with Gasteiger partial charge in [0.2, 0.25) is 5.78 Å². The number of halogens is 1. The van der Waals surface area contributed by atoms with Gasteiger partial charge in [-0.25, -0.2) is 0 Å². The number of rotatable bonds is 8. The van der Waals surface area contributed by atoms with Gasteiger partial charge in [-0.15, -0.1) is 0 Å². The minimum absolute atomic E-state index is 0.0891. The number of Topliss-reactive ketones (excluding diaryl/α,β-unsaturated/α-hetero) is 1. The average Bonchev–Trinajstić information content (AvgIpc) is 2.88. The second kappa shape index (κ2) is 8.33. The fourth-order valence-corrected chi connectivity index (χ4v) is 3.22. The Hall–Kier alpha value is -2.38. The van der Waals surface area contributed by atoms with E-state index >= 15 is 0 Å². The number of methoxy groups -OCH3 is 1. The summed E-state index contributed by atoms with van der Waals surface area (Å²) >= 11 is 5.98. The predicted octanol–water partition coefficient (Wildman–Crippen LogP) is 4.14. The summed E-state index contributed by atoms with van der Waals surface area (Å²) in [6, 6.07) is 5.79. The molecular formula is C18H21ClN2O5. The predicted molar refractivity (Wildman–Crippen MR) is 98.4 cm³/mol.